The fourth-order valence-electron chi connectivity index (χ4n) is 4.81. The first-order valence-corrected chi connectivity index (χ1v) is 11.5. The Bertz CT molecular complexity index is 1110. The molecule has 4 heterocycles. The number of aryl methyl sites for hydroxylation is 2. The van der Waals surface area contributed by atoms with E-state index < -0.39 is 0 Å². The van der Waals surface area contributed by atoms with Crippen LogP contribution in [0.2, 0.25) is 5.02 Å². The van der Waals surface area contributed by atoms with Crippen molar-refractivity contribution in [3.05, 3.63) is 41.4 Å². The van der Waals surface area contributed by atoms with Crippen LogP contribution in [0.4, 0.5) is 11.5 Å². The van der Waals surface area contributed by atoms with Crippen molar-refractivity contribution in [2.75, 3.05) is 29.9 Å². The normalized spacial score (nSPS) is 19.2. The van der Waals surface area contributed by atoms with Crippen LogP contribution in [0.5, 0.6) is 0 Å². The summed E-state index contributed by atoms with van der Waals surface area (Å²) in [7, 11) is 1.82. The molecule has 1 amide bonds. The molecule has 0 spiro atoms. The van der Waals surface area contributed by atoms with Crippen LogP contribution in [0.25, 0.3) is 11.2 Å². The maximum atomic E-state index is 13.3. The maximum Gasteiger partial charge on any atom is 0.231 e. The average Bonchev–Trinajstić information content (AvgIpc) is 2.99. The predicted octanol–water partition coefficient (Wildman–Crippen LogP) is 4.09. The van der Waals surface area contributed by atoms with Crippen molar-refractivity contribution in [1.82, 2.24) is 19.5 Å². The van der Waals surface area contributed by atoms with Crippen molar-refractivity contribution in [2.24, 2.45) is 5.92 Å². The summed E-state index contributed by atoms with van der Waals surface area (Å²) in [6.45, 7) is 2.48. The number of hydrogen-bond donors (Lipinski definition) is 0. The first-order valence-electron chi connectivity index (χ1n) is 11.1. The van der Waals surface area contributed by atoms with E-state index in [0.717, 1.165) is 67.3 Å². The quantitative estimate of drug-likeness (QED) is 0.616. The van der Waals surface area contributed by atoms with Crippen LogP contribution in [0.3, 0.4) is 0 Å². The third kappa shape index (κ3) is 3.87. The molecule has 1 atom stereocenters. The van der Waals surface area contributed by atoms with Crippen LogP contribution in [-0.4, -0.2) is 45.6 Å². The van der Waals surface area contributed by atoms with E-state index >= 15 is 0 Å². The Labute approximate surface area is 187 Å². The highest BCUT2D eigenvalue weighted by Gasteiger charge is 2.31. The molecule has 0 radical (unpaired) electrons. The van der Waals surface area contributed by atoms with Gasteiger partial charge in [-0.25, -0.2) is 15.0 Å². The van der Waals surface area contributed by atoms with Gasteiger partial charge in [0.15, 0.2) is 17.0 Å². The molecule has 0 N–H and O–H groups in total. The van der Waals surface area contributed by atoms with Gasteiger partial charge in [0.25, 0.3) is 0 Å². The van der Waals surface area contributed by atoms with E-state index in [1.165, 1.54) is 12.8 Å². The van der Waals surface area contributed by atoms with E-state index in [-0.39, 0.29) is 11.8 Å². The zero-order valence-electron chi connectivity index (χ0n) is 17.8. The number of nitrogens with zero attached hydrogens (tertiary/aromatic N) is 6. The predicted molar refractivity (Wildman–Crippen MR) is 123 cm³/mol. The SMILES string of the molecule is CN(C(=O)[C@@H]1CCCN(c2ncnc3c2nc2n3CCCCC2)C1)c1cccc(Cl)c1. The highest BCUT2D eigenvalue weighted by atomic mass is 35.5. The first-order chi connectivity index (χ1) is 15.1. The molecule has 8 heteroatoms. The van der Waals surface area contributed by atoms with Gasteiger partial charge in [-0.15, -0.1) is 0 Å². The highest BCUT2D eigenvalue weighted by molar-refractivity contribution is 6.30. The van der Waals surface area contributed by atoms with E-state index in [4.69, 9.17) is 16.6 Å². The Hall–Kier alpha value is -2.67. The Balaban J connectivity index is 1.40. The van der Waals surface area contributed by atoms with Gasteiger partial charge in [0.2, 0.25) is 5.91 Å². The van der Waals surface area contributed by atoms with E-state index in [0.29, 0.717) is 11.6 Å². The Morgan fingerprint density at radius 1 is 1.16 bits per heavy atom. The number of piperidine rings is 1. The van der Waals surface area contributed by atoms with Gasteiger partial charge in [0, 0.05) is 43.8 Å². The monoisotopic (exact) mass is 438 g/mol. The summed E-state index contributed by atoms with van der Waals surface area (Å²) >= 11 is 6.12. The lowest BCUT2D eigenvalue weighted by Crippen LogP contribution is -2.44. The van der Waals surface area contributed by atoms with Crippen molar-refractivity contribution >= 4 is 40.2 Å². The number of benzene rings is 1. The fraction of sp³-hybridized carbons (Fsp3) is 0.478. The molecule has 5 rings (SSSR count). The van der Waals surface area contributed by atoms with Gasteiger partial charge in [-0.05, 0) is 43.9 Å². The van der Waals surface area contributed by atoms with Gasteiger partial charge < -0.3 is 14.4 Å². The lowest BCUT2D eigenvalue weighted by atomic mass is 9.96. The van der Waals surface area contributed by atoms with Gasteiger partial charge in [0.05, 0.1) is 5.92 Å². The van der Waals surface area contributed by atoms with Gasteiger partial charge in [-0.3, -0.25) is 4.79 Å². The molecular weight excluding hydrogens is 412 g/mol. The zero-order valence-corrected chi connectivity index (χ0v) is 18.6. The van der Waals surface area contributed by atoms with E-state index in [1.54, 1.807) is 11.2 Å². The largest absolute Gasteiger partial charge is 0.354 e. The summed E-state index contributed by atoms with van der Waals surface area (Å²) in [5.41, 5.74) is 2.61. The number of amides is 1. The van der Waals surface area contributed by atoms with E-state index in [2.05, 4.69) is 19.4 Å². The number of hydrogen-bond acceptors (Lipinski definition) is 5. The third-order valence-corrected chi connectivity index (χ3v) is 6.71. The van der Waals surface area contributed by atoms with E-state index in [9.17, 15) is 4.79 Å². The molecule has 2 aliphatic heterocycles. The molecule has 3 aromatic rings. The van der Waals surface area contributed by atoms with Crippen LogP contribution in [-0.2, 0) is 17.8 Å². The number of rotatable bonds is 3. The molecule has 2 aliphatic rings. The Kier molecular flexibility index (Phi) is 5.52. The minimum Gasteiger partial charge on any atom is -0.354 e. The fourth-order valence-corrected chi connectivity index (χ4v) is 5.00. The Morgan fingerprint density at radius 3 is 2.94 bits per heavy atom. The van der Waals surface area contributed by atoms with Gasteiger partial charge in [-0.1, -0.05) is 24.1 Å². The summed E-state index contributed by atoms with van der Waals surface area (Å²) < 4.78 is 2.26. The molecule has 0 unspecified atom stereocenters. The molecule has 0 saturated carbocycles. The number of carbonyl (C=O) groups is 1. The summed E-state index contributed by atoms with van der Waals surface area (Å²) in [5.74, 6) is 1.98. The summed E-state index contributed by atoms with van der Waals surface area (Å²) in [6, 6.07) is 7.43. The standard InChI is InChI=1S/C23H27ClN6O/c1-28(18-9-5-8-17(24)13-18)23(31)16-7-6-11-29(14-16)21-20-22(26-15-25-21)30-12-4-2-3-10-19(30)27-20/h5,8-9,13,15-16H,2-4,6-7,10-12,14H2,1H3/t16-/m1/s1. The van der Waals surface area contributed by atoms with Gasteiger partial charge >= 0.3 is 0 Å². The summed E-state index contributed by atoms with van der Waals surface area (Å²) in [5, 5.41) is 0.630. The molecule has 2 aromatic heterocycles. The second-order valence-corrected chi connectivity index (χ2v) is 8.96. The maximum absolute atomic E-state index is 13.3. The van der Waals surface area contributed by atoms with E-state index in [1.807, 2.05) is 31.3 Å². The number of imidazole rings is 1. The number of fused-ring (bicyclic) bond motifs is 3. The smallest absolute Gasteiger partial charge is 0.231 e. The highest BCUT2D eigenvalue weighted by Crippen LogP contribution is 2.30. The molecular formula is C23H27ClN6O. The van der Waals surface area contributed by atoms with Crippen LogP contribution < -0.4 is 9.80 Å². The minimum atomic E-state index is -0.0943. The molecule has 7 nitrogen and oxygen atoms in total. The van der Waals surface area contributed by atoms with Gasteiger partial charge in [-0.2, -0.15) is 0 Å². The molecule has 0 aliphatic carbocycles. The first kappa shape index (κ1) is 20.2. The summed E-state index contributed by atoms with van der Waals surface area (Å²) in [6.07, 6.45) is 8.00. The lowest BCUT2D eigenvalue weighted by molar-refractivity contribution is -0.122. The number of aromatic nitrogens is 4. The van der Waals surface area contributed by atoms with Crippen molar-refractivity contribution < 1.29 is 4.79 Å². The molecule has 1 saturated heterocycles. The summed E-state index contributed by atoms with van der Waals surface area (Å²) in [4.78, 5) is 31.3. The van der Waals surface area contributed by atoms with Gasteiger partial charge in [0.1, 0.15) is 12.2 Å². The van der Waals surface area contributed by atoms with Crippen molar-refractivity contribution in [1.29, 1.82) is 0 Å². The topological polar surface area (TPSA) is 67.2 Å². The van der Waals surface area contributed by atoms with Crippen molar-refractivity contribution in [2.45, 2.75) is 45.1 Å². The molecule has 31 heavy (non-hydrogen) atoms. The average molecular weight is 439 g/mol. The third-order valence-electron chi connectivity index (χ3n) is 6.47. The zero-order chi connectivity index (χ0) is 21.4. The lowest BCUT2D eigenvalue weighted by Gasteiger charge is -2.34. The Morgan fingerprint density at radius 2 is 2.06 bits per heavy atom. The molecule has 1 fully saturated rings. The number of halogens is 1. The van der Waals surface area contributed by atoms with Crippen molar-refractivity contribution in [3.63, 3.8) is 0 Å². The number of carbonyl (C=O) groups excluding carboxylic acids is 1. The number of anilines is 2. The van der Waals surface area contributed by atoms with Crippen LogP contribution in [0.15, 0.2) is 30.6 Å². The minimum absolute atomic E-state index is 0.0943. The molecule has 1 aromatic carbocycles. The van der Waals surface area contributed by atoms with Crippen molar-refractivity contribution in [3.8, 4) is 0 Å². The van der Waals surface area contributed by atoms with Crippen LogP contribution in [0.1, 0.15) is 37.9 Å². The second-order valence-electron chi connectivity index (χ2n) is 8.52. The molecule has 162 valence electrons. The van der Waals surface area contributed by atoms with Crippen LogP contribution >= 0.6 is 11.6 Å². The van der Waals surface area contributed by atoms with Crippen LogP contribution in [0, 0.1) is 5.92 Å². The molecule has 0 bridgehead atoms. The second kappa shape index (κ2) is 8.46.